The van der Waals surface area contributed by atoms with Crippen LogP contribution < -0.4 is 4.74 Å². The summed E-state index contributed by atoms with van der Waals surface area (Å²) in [5, 5.41) is 0.678. The predicted octanol–water partition coefficient (Wildman–Crippen LogP) is 2.36. The fourth-order valence-corrected chi connectivity index (χ4v) is 2.00. The molecule has 0 unspecified atom stereocenters. The minimum Gasteiger partial charge on any atom is -0.491 e. The van der Waals surface area contributed by atoms with E-state index in [0.717, 1.165) is 44.2 Å². The summed E-state index contributed by atoms with van der Waals surface area (Å²) in [6.45, 7) is 7.26. The standard InChI is InChI=1S/C13H18ClNO2/c1-11-2-3-12(14)13(10-11)17-9-6-15-4-7-16-8-5-15/h2-3,10H,4-9H2,1H3. The lowest BCUT2D eigenvalue weighted by Crippen LogP contribution is -2.38. The van der Waals surface area contributed by atoms with Gasteiger partial charge in [-0.25, -0.2) is 0 Å². The van der Waals surface area contributed by atoms with Gasteiger partial charge in [-0.05, 0) is 24.6 Å². The summed E-state index contributed by atoms with van der Waals surface area (Å²) in [6, 6.07) is 5.83. The van der Waals surface area contributed by atoms with Gasteiger partial charge in [-0.15, -0.1) is 0 Å². The van der Waals surface area contributed by atoms with Gasteiger partial charge in [-0.1, -0.05) is 17.7 Å². The quantitative estimate of drug-likeness (QED) is 0.825. The van der Waals surface area contributed by atoms with Crippen molar-refractivity contribution in [2.24, 2.45) is 0 Å². The Labute approximate surface area is 107 Å². The van der Waals surface area contributed by atoms with E-state index in [-0.39, 0.29) is 0 Å². The van der Waals surface area contributed by atoms with E-state index in [9.17, 15) is 0 Å². The molecular formula is C13H18ClNO2. The van der Waals surface area contributed by atoms with Crippen molar-refractivity contribution in [3.8, 4) is 5.75 Å². The average Bonchev–Trinajstić information content (AvgIpc) is 2.35. The van der Waals surface area contributed by atoms with Gasteiger partial charge < -0.3 is 9.47 Å². The molecule has 0 saturated carbocycles. The van der Waals surface area contributed by atoms with Gasteiger partial charge in [0, 0.05) is 19.6 Å². The second-order valence-electron chi connectivity index (χ2n) is 4.24. The average molecular weight is 256 g/mol. The van der Waals surface area contributed by atoms with Crippen LogP contribution in [0.15, 0.2) is 18.2 Å². The Hall–Kier alpha value is -0.770. The summed E-state index contributed by atoms with van der Waals surface area (Å²) in [5.74, 6) is 0.778. The molecule has 1 aliphatic rings. The van der Waals surface area contributed by atoms with Crippen molar-refractivity contribution >= 4 is 11.6 Å². The fourth-order valence-electron chi connectivity index (χ4n) is 1.83. The molecule has 4 heteroatoms. The molecule has 1 fully saturated rings. The number of hydrogen-bond acceptors (Lipinski definition) is 3. The van der Waals surface area contributed by atoms with Crippen molar-refractivity contribution in [3.05, 3.63) is 28.8 Å². The van der Waals surface area contributed by atoms with E-state index in [4.69, 9.17) is 21.1 Å². The molecule has 3 nitrogen and oxygen atoms in total. The number of nitrogens with zero attached hydrogens (tertiary/aromatic N) is 1. The number of hydrogen-bond donors (Lipinski definition) is 0. The Balaban J connectivity index is 1.79. The second kappa shape index (κ2) is 6.24. The first-order valence-corrected chi connectivity index (χ1v) is 6.32. The minimum absolute atomic E-state index is 0.670. The highest BCUT2D eigenvalue weighted by molar-refractivity contribution is 6.32. The number of benzene rings is 1. The van der Waals surface area contributed by atoms with Gasteiger partial charge in [0.1, 0.15) is 12.4 Å². The van der Waals surface area contributed by atoms with Crippen LogP contribution in [0, 0.1) is 6.92 Å². The topological polar surface area (TPSA) is 21.7 Å². The molecule has 0 atom stereocenters. The van der Waals surface area contributed by atoms with Crippen LogP contribution in [-0.4, -0.2) is 44.4 Å². The highest BCUT2D eigenvalue weighted by Gasteiger charge is 2.10. The third-order valence-electron chi connectivity index (χ3n) is 2.86. The van der Waals surface area contributed by atoms with Crippen molar-refractivity contribution < 1.29 is 9.47 Å². The van der Waals surface area contributed by atoms with Crippen molar-refractivity contribution in [1.82, 2.24) is 4.90 Å². The molecule has 0 amide bonds. The third kappa shape index (κ3) is 3.87. The van der Waals surface area contributed by atoms with Gasteiger partial charge in [0.15, 0.2) is 0 Å². The number of morpholine rings is 1. The molecule has 0 spiro atoms. The summed E-state index contributed by atoms with van der Waals surface area (Å²) >= 11 is 6.06. The molecule has 2 rings (SSSR count). The molecule has 1 aromatic carbocycles. The maximum Gasteiger partial charge on any atom is 0.138 e. The molecule has 1 aliphatic heterocycles. The Morgan fingerprint density at radius 2 is 2.12 bits per heavy atom. The zero-order valence-electron chi connectivity index (χ0n) is 10.1. The van der Waals surface area contributed by atoms with E-state index in [1.165, 1.54) is 0 Å². The predicted molar refractivity (Wildman–Crippen MR) is 68.9 cm³/mol. The first kappa shape index (κ1) is 12.7. The second-order valence-corrected chi connectivity index (χ2v) is 4.64. The first-order chi connectivity index (χ1) is 8.25. The summed E-state index contributed by atoms with van der Waals surface area (Å²) < 4.78 is 11.0. The zero-order chi connectivity index (χ0) is 12.1. The molecular weight excluding hydrogens is 238 g/mol. The van der Waals surface area contributed by atoms with Crippen LogP contribution in [0.2, 0.25) is 5.02 Å². The van der Waals surface area contributed by atoms with Gasteiger partial charge in [-0.2, -0.15) is 0 Å². The van der Waals surface area contributed by atoms with E-state index >= 15 is 0 Å². The van der Waals surface area contributed by atoms with Crippen molar-refractivity contribution in [2.75, 3.05) is 39.5 Å². The molecule has 1 aromatic rings. The molecule has 0 aliphatic carbocycles. The first-order valence-electron chi connectivity index (χ1n) is 5.95. The van der Waals surface area contributed by atoms with Crippen LogP contribution in [-0.2, 0) is 4.74 Å². The molecule has 0 radical (unpaired) electrons. The Morgan fingerprint density at radius 1 is 1.35 bits per heavy atom. The van der Waals surface area contributed by atoms with Gasteiger partial charge in [0.25, 0.3) is 0 Å². The van der Waals surface area contributed by atoms with E-state index in [2.05, 4.69) is 4.90 Å². The SMILES string of the molecule is Cc1ccc(Cl)c(OCCN2CCOCC2)c1. The normalized spacial score (nSPS) is 17.1. The van der Waals surface area contributed by atoms with E-state index in [1.54, 1.807) is 0 Å². The Morgan fingerprint density at radius 3 is 2.88 bits per heavy atom. The summed E-state index contributed by atoms with van der Waals surface area (Å²) in [6.07, 6.45) is 0. The number of aryl methyl sites for hydroxylation is 1. The van der Waals surface area contributed by atoms with Crippen LogP contribution in [0.25, 0.3) is 0 Å². The Bertz CT molecular complexity index is 364. The van der Waals surface area contributed by atoms with Crippen molar-refractivity contribution in [3.63, 3.8) is 0 Å². The highest BCUT2D eigenvalue weighted by atomic mass is 35.5. The lowest BCUT2D eigenvalue weighted by molar-refractivity contribution is 0.0322. The smallest absolute Gasteiger partial charge is 0.138 e. The summed E-state index contributed by atoms with van der Waals surface area (Å²) in [4.78, 5) is 2.34. The lowest BCUT2D eigenvalue weighted by atomic mass is 10.2. The lowest BCUT2D eigenvalue weighted by Gasteiger charge is -2.26. The monoisotopic (exact) mass is 255 g/mol. The van der Waals surface area contributed by atoms with Crippen LogP contribution >= 0.6 is 11.6 Å². The molecule has 0 N–H and O–H groups in total. The number of ether oxygens (including phenoxy) is 2. The molecule has 94 valence electrons. The van der Waals surface area contributed by atoms with Gasteiger partial charge >= 0.3 is 0 Å². The van der Waals surface area contributed by atoms with Crippen LogP contribution in [0.4, 0.5) is 0 Å². The summed E-state index contributed by atoms with van der Waals surface area (Å²) in [5.41, 5.74) is 1.16. The maximum atomic E-state index is 6.06. The molecule has 1 saturated heterocycles. The molecule has 17 heavy (non-hydrogen) atoms. The van der Waals surface area contributed by atoms with Crippen LogP contribution in [0.5, 0.6) is 5.75 Å². The zero-order valence-corrected chi connectivity index (χ0v) is 10.9. The van der Waals surface area contributed by atoms with Crippen molar-refractivity contribution in [2.45, 2.75) is 6.92 Å². The largest absolute Gasteiger partial charge is 0.491 e. The van der Waals surface area contributed by atoms with Gasteiger partial charge in [-0.3, -0.25) is 4.90 Å². The number of rotatable bonds is 4. The van der Waals surface area contributed by atoms with Crippen molar-refractivity contribution in [1.29, 1.82) is 0 Å². The fraction of sp³-hybridized carbons (Fsp3) is 0.538. The van der Waals surface area contributed by atoms with Crippen LogP contribution in [0.1, 0.15) is 5.56 Å². The van der Waals surface area contributed by atoms with Gasteiger partial charge in [0.05, 0.1) is 18.2 Å². The third-order valence-corrected chi connectivity index (χ3v) is 3.17. The van der Waals surface area contributed by atoms with E-state index in [1.807, 2.05) is 25.1 Å². The van der Waals surface area contributed by atoms with Crippen LogP contribution in [0.3, 0.4) is 0 Å². The van der Waals surface area contributed by atoms with Gasteiger partial charge in [0.2, 0.25) is 0 Å². The number of halogens is 1. The molecule has 1 heterocycles. The molecule has 0 aromatic heterocycles. The molecule has 0 bridgehead atoms. The van der Waals surface area contributed by atoms with E-state index in [0.29, 0.717) is 11.6 Å². The summed E-state index contributed by atoms with van der Waals surface area (Å²) in [7, 11) is 0. The minimum atomic E-state index is 0.670. The Kier molecular flexibility index (Phi) is 4.66. The highest BCUT2D eigenvalue weighted by Crippen LogP contribution is 2.25. The maximum absolute atomic E-state index is 6.06. The van der Waals surface area contributed by atoms with E-state index < -0.39 is 0 Å².